The molecule has 0 bridgehead atoms. The highest BCUT2D eigenvalue weighted by Gasteiger charge is 2.00. The topological polar surface area (TPSA) is 29.9 Å². The zero-order valence-corrected chi connectivity index (χ0v) is 11.4. The number of halogens is 1. The number of imidazole rings is 1. The van der Waals surface area contributed by atoms with Gasteiger partial charge in [0.1, 0.15) is 0 Å². The highest BCUT2D eigenvalue weighted by molar-refractivity contribution is 7.16. The number of hydrogen-bond donors (Lipinski definition) is 1. The van der Waals surface area contributed by atoms with Crippen LogP contribution in [-0.2, 0) is 19.5 Å². The van der Waals surface area contributed by atoms with Crippen molar-refractivity contribution in [3.8, 4) is 0 Å². The van der Waals surface area contributed by atoms with Gasteiger partial charge in [-0.1, -0.05) is 11.6 Å². The van der Waals surface area contributed by atoms with Crippen LogP contribution in [0.1, 0.15) is 17.5 Å². The molecule has 0 unspecified atom stereocenters. The Kier molecular flexibility index (Phi) is 4.59. The van der Waals surface area contributed by atoms with Crippen molar-refractivity contribution in [2.45, 2.75) is 26.4 Å². The van der Waals surface area contributed by atoms with Gasteiger partial charge < -0.3 is 9.88 Å². The van der Waals surface area contributed by atoms with Crippen LogP contribution in [0.3, 0.4) is 0 Å². The molecule has 17 heavy (non-hydrogen) atoms. The van der Waals surface area contributed by atoms with Crippen molar-refractivity contribution in [2.24, 2.45) is 0 Å². The van der Waals surface area contributed by atoms with Crippen LogP contribution in [0.4, 0.5) is 0 Å². The fourth-order valence-electron chi connectivity index (χ4n) is 1.69. The Labute approximate surface area is 110 Å². The standard InChI is InChI=1S/C12H16ClN3S/c1-2-16-9-15-8-10(16)7-14-6-5-11-3-4-12(13)17-11/h3-4,8-9,14H,2,5-7H2,1H3. The summed E-state index contributed by atoms with van der Waals surface area (Å²) in [6.07, 6.45) is 4.81. The molecule has 0 aliphatic rings. The second-order valence-electron chi connectivity index (χ2n) is 3.80. The maximum atomic E-state index is 5.88. The molecule has 2 heterocycles. The van der Waals surface area contributed by atoms with Crippen LogP contribution in [-0.4, -0.2) is 16.1 Å². The molecule has 0 saturated heterocycles. The molecule has 0 saturated carbocycles. The average molecular weight is 270 g/mol. The van der Waals surface area contributed by atoms with Crippen molar-refractivity contribution in [1.29, 1.82) is 0 Å². The summed E-state index contributed by atoms with van der Waals surface area (Å²) in [5, 5.41) is 3.42. The number of aryl methyl sites for hydroxylation is 1. The van der Waals surface area contributed by atoms with Crippen LogP contribution in [0.15, 0.2) is 24.7 Å². The molecule has 2 aromatic rings. The highest BCUT2D eigenvalue weighted by atomic mass is 35.5. The van der Waals surface area contributed by atoms with Crippen LogP contribution in [0.25, 0.3) is 0 Å². The van der Waals surface area contributed by atoms with E-state index in [2.05, 4.69) is 27.9 Å². The number of rotatable bonds is 6. The summed E-state index contributed by atoms with van der Waals surface area (Å²) < 4.78 is 3.01. The van der Waals surface area contributed by atoms with E-state index < -0.39 is 0 Å². The van der Waals surface area contributed by atoms with Crippen LogP contribution >= 0.6 is 22.9 Å². The van der Waals surface area contributed by atoms with Crippen molar-refractivity contribution in [2.75, 3.05) is 6.54 Å². The minimum absolute atomic E-state index is 0.865. The van der Waals surface area contributed by atoms with Gasteiger partial charge in [-0.15, -0.1) is 11.3 Å². The van der Waals surface area contributed by atoms with Crippen LogP contribution in [0.2, 0.25) is 4.34 Å². The molecule has 0 fully saturated rings. The summed E-state index contributed by atoms with van der Waals surface area (Å²) in [4.78, 5) is 5.47. The van der Waals surface area contributed by atoms with Crippen LogP contribution < -0.4 is 5.32 Å². The molecular weight excluding hydrogens is 254 g/mol. The molecule has 0 amide bonds. The SMILES string of the molecule is CCn1cncc1CNCCc1ccc(Cl)s1. The lowest BCUT2D eigenvalue weighted by atomic mass is 10.3. The first-order chi connectivity index (χ1) is 8.29. The lowest BCUT2D eigenvalue weighted by Gasteiger charge is -2.06. The average Bonchev–Trinajstić information content (AvgIpc) is 2.93. The third kappa shape index (κ3) is 3.56. The Bertz CT molecular complexity index is 464. The second-order valence-corrected chi connectivity index (χ2v) is 5.60. The quantitative estimate of drug-likeness (QED) is 0.817. The largest absolute Gasteiger partial charge is 0.334 e. The monoisotopic (exact) mass is 269 g/mol. The summed E-state index contributed by atoms with van der Waals surface area (Å²) >= 11 is 7.53. The maximum absolute atomic E-state index is 5.88. The van der Waals surface area contributed by atoms with Gasteiger partial charge >= 0.3 is 0 Å². The number of nitrogens with one attached hydrogen (secondary N) is 1. The van der Waals surface area contributed by atoms with Gasteiger partial charge in [0.25, 0.3) is 0 Å². The van der Waals surface area contributed by atoms with Gasteiger partial charge in [0.2, 0.25) is 0 Å². The summed E-state index contributed by atoms with van der Waals surface area (Å²) in [5.41, 5.74) is 1.23. The minimum Gasteiger partial charge on any atom is -0.334 e. The van der Waals surface area contributed by atoms with Crippen LogP contribution in [0.5, 0.6) is 0 Å². The molecule has 5 heteroatoms. The molecule has 0 aliphatic heterocycles. The maximum Gasteiger partial charge on any atom is 0.0948 e. The van der Waals surface area contributed by atoms with Gasteiger partial charge in [0, 0.05) is 30.7 Å². The van der Waals surface area contributed by atoms with E-state index in [0.29, 0.717) is 0 Å². The van der Waals surface area contributed by atoms with Crippen LogP contribution in [0, 0.1) is 0 Å². The first-order valence-electron chi connectivity index (χ1n) is 5.73. The molecule has 3 nitrogen and oxygen atoms in total. The summed E-state index contributed by atoms with van der Waals surface area (Å²) in [6.45, 7) is 4.93. The molecular formula is C12H16ClN3S. The van der Waals surface area contributed by atoms with E-state index in [0.717, 1.165) is 30.4 Å². The lowest BCUT2D eigenvalue weighted by Crippen LogP contribution is -2.18. The van der Waals surface area contributed by atoms with Gasteiger partial charge in [0.05, 0.1) is 16.4 Å². The summed E-state index contributed by atoms with van der Waals surface area (Å²) in [5.74, 6) is 0. The van der Waals surface area contributed by atoms with Crippen molar-refractivity contribution in [3.63, 3.8) is 0 Å². The van der Waals surface area contributed by atoms with Gasteiger partial charge in [-0.25, -0.2) is 4.98 Å². The van der Waals surface area contributed by atoms with E-state index in [1.54, 1.807) is 11.3 Å². The fourth-order valence-corrected chi connectivity index (χ4v) is 2.78. The van der Waals surface area contributed by atoms with E-state index >= 15 is 0 Å². The van der Waals surface area contributed by atoms with Gasteiger partial charge in [-0.3, -0.25) is 0 Å². The number of nitrogens with zero attached hydrogens (tertiary/aromatic N) is 2. The van der Waals surface area contributed by atoms with Crippen molar-refractivity contribution in [3.05, 3.63) is 39.6 Å². The van der Waals surface area contributed by atoms with E-state index in [4.69, 9.17) is 11.6 Å². The molecule has 0 spiro atoms. The second kappa shape index (κ2) is 6.19. The van der Waals surface area contributed by atoms with Crippen molar-refractivity contribution >= 4 is 22.9 Å². The minimum atomic E-state index is 0.865. The molecule has 92 valence electrons. The van der Waals surface area contributed by atoms with E-state index in [-0.39, 0.29) is 0 Å². The molecule has 0 aromatic carbocycles. The van der Waals surface area contributed by atoms with Crippen molar-refractivity contribution < 1.29 is 0 Å². The summed E-state index contributed by atoms with van der Waals surface area (Å²) in [6, 6.07) is 4.04. The fraction of sp³-hybridized carbons (Fsp3) is 0.417. The van der Waals surface area contributed by atoms with E-state index in [1.165, 1.54) is 10.6 Å². The molecule has 2 rings (SSSR count). The number of hydrogen-bond acceptors (Lipinski definition) is 3. The predicted octanol–water partition coefficient (Wildman–Crippen LogP) is 2.95. The Morgan fingerprint density at radius 1 is 1.47 bits per heavy atom. The zero-order valence-electron chi connectivity index (χ0n) is 9.82. The lowest BCUT2D eigenvalue weighted by molar-refractivity contribution is 0.629. The van der Waals surface area contributed by atoms with Gasteiger partial charge in [0.15, 0.2) is 0 Å². The van der Waals surface area contributed by atoms with E-state index in [1.807, 2.05) is 18.6 Å². The Morgan fingerprint density at radius 3 is 3.06 bits per heavy atom. The number of thiophene rings is 1. The Hall–Kier alpha value is -0.840. The van der Waals surface area contributed by atoms with Gasteiger partial charge in [-0.2, -0.15) is 0 Å². The molecule has 1 N–H and O–H groups in total. The van der Waals surface area contributed by atoms with Gasteiger partial charge in [-0.05, 0) is 25.5 Å². The van der Waals surface area contributed by atoms with E-state index in [9.17, 15) is 0 Å². The number of aromatic nitrogens is 2. The smallest absolute Gasteiger partial charge is 0.0948 e. The third-order valence-corrected chi connectivity index (χ3v) is 3.91. The normalized spacial score (nSPS) is 10.9. The molecule has 0 radical (unpaired) electrons. The Morgan fingerprint density at radius 2 is 2.35 bits per heavy atom. The first kappa shape index (κ1) is 12.6. The summed E-state index contributed by atoms with van der Waals surface area (Å²) in [7, 11) is 0. The molecule has 0 aliphatic carbocycles. The predicted molar refractivity (Wildman–Crippen MR) is 72.6 cm³/mol. The zero-order chi connectivity index (χ0) is 12.1. The highest BCUT2D eigenvalue weighted by Crippen LogP contribution is 2.21. The Balaban J connectivity index is 1.73. The molecule has 2 aromatic heterocycles. The third-order valence-electron chi connectivity index (χ3n) is 2.62. The molecule has 0 atom stereocenters. The first-order valence-corrected chi connectivity index (χ1v) is 6.93. The van der Waals surface area contributed by atoms with Crippen molar-refractivity contribution in [1.82, 2.24) is 14.9 Å².